The lowest BCUT2D eigenvalue weighted by atomic mass is 10.2. The van der Waals surface area contributed by atoms with Gasteiger partial charge in [-0.2, -0.15) is 0 Å². The average Bonchev–Trinajstić information content (AvgIpc) is 3.04. The second-order valence-corrected chi connectivity index (χ2v) is 6.02. The number of aryl methyl sites for hydroxylation is 2. The van der Waals surface area contributed by atoms with E-state index in [-0.39, 0.29) is 12.5 Å². The first kappa shape index (κ1) is 17.0. The van der Waals surface area contributed by atoms with Crippen LogP contribution in [0, 0.1) is 6.92 Å². The van der Waals surface area contributed by atoms with Gasteiger partial charge < -0.3 is 14.5 Å². The van der Waals surface area contributed by atoms with Crippen LogP contribution in [0.5, 0.6) is 5.75 Å². The number of hydrogen-bond acceptors (Lipinski definition) is 3. The Labute approximate surface area is 147 Å². The van der Waals surface area contributed by atoms with Gasteiger partial charge in [-0.25, -0.2) is 4.98 Å². The second kappa shape index (κ2) is 7.83. The van der Waals surface area contributed by atoms with E-state index in [4.69, 9.17) is 4.74 Å². The first-order chi connectivity index (χ1) is 12.2. The monoisotopic (exact) mass is 337 g/mol. The SMILES string of the molecule is CCc1cccc(OCC(=O)NCCc2cn3c(C)cccc3n2)c1. The van der Waals surface area contributed by atoms with Gasteiger partial charge in [0.2, 0.25) is 0 Å². The average molecular weight is 337 g/mol. The number of rotatable bonds is 7. The van der Waals surface area contributed by atoms with Gasteiger partial charge in [-0.05, 0) is 43.2 Å². The molecule has 0 saturated heterocycles. The van der Waals surface area contributed by atoms with Crippen molar-refractivity contribution in [2.24, 2.45) is 0 Å². The van der Waals surface area contributed by atoms with Gasteiger partial charge in [0.15, 0.2) is 6.61 Å². The van der Waals surface area contributed by atoms with Gasteiger partial charge in [-0.1, -0.05) is 25.1 Å². The van der Waals surface area contributed by atoms with Gasteiger partial charge >= 0.3 is 0 Å². The second-order valence-electron chi connectivity index (χ2n) is 6.02. The molecule has 25 heavy (non-hydrogen) atoms. The van der Waals surface area contributed by atoms with E-state index in [0.29, 0.717) is 13.0 Å². The number of fused-ring (bicyclic) bond motifs is 1. The predicted molar refractivity (Wildman–Crippen MR) is 98.0 cm³/mol. The first-order valence-corrected chi connectivity index (χ1v) is 8.57. The molecule has 5 heteroatoms. The third kappa shape index (κ3) is 4.38. The summed E-state index contributed by atoms with van der Waals surface area (Å²) in [6.07, 6.45) is 3.66. The van der Waals surface area contributed by atoms with Crippen LogP contribution in [0.3, 0.4) is 0 Å². The fourth-order valence-electron chi connectivity index (χ4n) is 2.70. The van der Waals surface area contributed by atoms with Crippen LogP contribution in [0.2, 0.25) is 0 Å². The van der Waals surface area contributed by atoms with Crippen LogP contribution in [0.25, 0.3) is 5.65 Å². The van der Waals surface area contributed by atoms with E-state index in [1.54, 1.807) is 0 Å². The van der Waals surface area contributed by atoms with Gasteiger partial charge in [0.1, 0.15) is 11.4 Å². The molecule has 0 bridgehead atoms. The summed E-state index contributed by atoms with van der Waals surface area (Å²) in [7, 11) is 0. The maximum absolute atomic E-state index is 11.9. The van der Waals surface area contributed by atoms with Crippen molar-refractivity contribution in [3.05, 3.63) is 65.6 Å². The molecule has 5 nitrogen and oxygen atoms in total. The van der Waals surface area contributed by atoms with Gasteiger partial charge in [-0.15, -0.1) is 0 Å². The Kier molecular flexibility index (Phi) is 5.33. The van der Waals surface area contributed by atoms with Crippen LogP contribution in [0.4, 0.5) is 0 Å². The number of imidazole rings is 1. The summed E-state index contributed by atoms with van der Waals surface area (Å²) in [5.74, 6) is 0.604. The lowest BCUT2D eigenvalue weighted by molar-refractivity contribution is -0.123. The number of ether oxygens (including phenoxy) is 1. The lowest BCUT2D eigenvalue weighted by Crippen LogP contribution is -2.30. The molecular weight excluding hydrogens is 314 g/mol. The maximum Gasteiger partial charge on any atom is 0.257 e. The summed E-state index contributed by atoms with van der Waals surface area (Å²) >= 11 is 0. The Morgan fingerprint density at radius 2 is 2.08 bits per heavy atom. The van der Waals surface area contributed by atoms with E-state index >= 15 is 0 Å². The highest BCUT2D eigenvalue weighted by Gasteiger charge is 2.06. The lowest BCUT2D eigenvalue weighted by Gasteiger charge is -2.08. The Hall–Kier alpha value is -2.82. The summed E-state index contributed by atoms with van der Waals surface area (Å²) < 4.78 is 7.60. The van der Waals surface area contributed by atoms with Crippen molar-refractivity contribution in [3.8, 4) is 5.75 Å². The number of carbonyl (C=O) groups is 1. The quantitative estimate of drug-likeness (QED) is 0.721. The molecule has 2 heterocycles. The van der Waals surface area contributed by atoms with E-state index in [1.807, 2.05) is 55.6 Å². The standard InChI is InChI=1S/C20H23N3O2/c1-3-16-7-5-8-18(12-16)25-14-20(24)21-11-10-17-13-23-15(2)6-4-9-19(23)22-17/h4-9,12-13H,3,10-11,14H2,1-2H3,(H,21,24). The molecule has 3 rings (SSSR count). The van der Waals surface area contributed by atoms with Crippen LogP contribution in [0.15, 0.2) is 48.7 Å². The Balaban J connectivity index is 1.46. The molecule has 130 valence electrons. The summed E-state index contributed by atoms with van der Waals surface area (Å²) in [5.41, 5.74) is 4.23. The summed E-state index contributed by atoms with van der Waals surface area (Å²) in [6.45, 7) is 4.70. The van der Waals surface area contributed by atoms with Crippen molar-refractivity contribution in [2.45, 2.75) is 26.7 Å². The number of nitrogens with one attached hydrogen (secondary N) is 1. The van der Waals surface area contributed by atoms with E-state index in [1.165, 1.54) is 5.56 Å². The summed E-state index contributed by atoms with van der Waals surface area (Å²) in [6, 6.07) is 13.8. The van der Waals surface area contributed by atoms with E-state index in [2.05, 4.69) is 21.6 Å². The van der Waals surface area contributed by atoms with Crippen LogP contribution in [-0.2, 0) is 17.6 Å². The highest BCUT2D eigenvalue weighted by Crippen LogP contribution is 2.13. The Bertz CT molecular complexity index is 870. The molecule has 2 aromatic heterocycles. The highest BCUT2D eigenvalue weighted by atomic mass is 16.5. The van der Waals surface area contributed by atoms with Crippen molar-refractivity contribution in [1.29, 1.82) is 0 Å². The minimum absolute atomic E-state index is 0.0252. The van der Waals surface area contributed by atoms with E-state index in [9.17, 15) is 4.79 Å². The number of amides is 1. The number of aromatic nitrogens is 2. The van der Waals surface area contributed by atoms with Crippen molar-refractivity contribution in [1.82, 2.24) is 14.7 Å². The number of carbonyl (C=O) groups excluding carboxylic acids is 1. The molecule has 0 aliphatic carbocycles. The highest BCUT2D eigenvalue weighted by molar-refractivity contribution is 5.77. The van der Waals surface area contributed by atoms with E-state index in [0.717, 1.165) is 29.2 Å². The molecule has 1 amide bonds. The molecule has 0 fully saturated rings. The molecule has 3 aromatic rings. The molecular formula is C20H23N3O2. The minimum atomic E-state index is -0.123. The smallest absolute Gasteiger partial charge is 0.257 e. The largest absolute Gasteiger partial charge is 0.484 e. The maximum atomic E-state index is 11.9. The topological polar surface area (TPSA) is 55.6 Å². The molecule has 0 atom stereocenters. The summed E-state index contributed by atoms with van der Waals surface area (Å²) in [5, 5.41) is 2.88. The van der Waals surface area contributed by atoms with Gasteiger partial charge in [0.05, 0.1) is 5.69 Å². The number of hydrogen-bond donors (Lipinski definition) is 1. The van der Waals surface area contributed by atoms with Crippen molar-refractivity contribution in [2.75, 3.05) is 13.2 Å². The van der Waals surface area contributed by atoms with Crippen LogP contribution in [0.1, 0.15) is 23.9 Å². The Morgan fingerprint density at radius 3 is 2.88 bits per heavy atom. The predicted octanol–water partition coefficient (Wildman–Crippen LogP) is 2.94. The molecule has 0 spiro atoms. The van der Waals surface area contributed by atoms with Crippen LogP contribution in [-0.4, -0.2) is 28.4 Å². The van der Waals surface area contributed by atoms with Crippen molar-refractivity contribution in [3.63, 3.8) is 0 Å². The first-order valence-electron chi connectivity index (χ1n) is 8.57. The fraction of sp³-hybridized carbons (Fsp3) is 0.300. The fourth-order valence-corrected chi connectivity index (χ4v) is 2.70. The third-order valence-electron chi connectivity index (χ3n) is 4.13. The number of pyridine rings is 1. The zero-order chi connectivity index (χ0) is 17.6. The van der Waals surface area contributed by atoms with Crippen LogP contribution < -0.4 is 10.1 Å². The van der Waals surface area contributed by atoms with Gasteiger partial charge in [0, 0.05) is 24.9 Å². The number of benzene rings is 1. The van der Waals surface area contributed by atoms with Crippen molar-refractivity contribution < 1.29 is 9.53 Å². The number of nitrogens with zero attached hydrogens (tertiary/aromatic N) is 2. The minimum Gasteiger partial charge on any atom is -0.484 e. The zero-order valence-corrected chi connectivity index (χ0v) is 14.7. The molecule has 0 saturated carbocycles. The molecule has 0 aliphatic heterocycles. The Morgan fingerprint density at radius 1 is 1.24 bits per heavy atom. The zero-order valence-electron chi connectivity index (χ0n) is 14.7. The van der Waals surface area contributed by atoms with Crippen LogP contribution >= 0.6 is 0 Å². The normalized spacial score (nSPS) is 10.8. The molecule has 0 aliphatic rings. The van der Waals surface area contributed by atoms with Gasteiger partial charge in [0.25, 0.3) is 5.91 Å². The molecule has 1 N–H and O–H groups in total. The molecule has 1 aromatic carbocycles. The summed E-state index contributed by atoms with van der Waals surface area (Å²) in [4.78, 5) is 16.5. The van der Waals surface area contributed by atoms with Gasteiger partial charge in [-0.3, -0.25) is 4.79 Å². The van der Waals surface area contributed by atoms with E-state index < -0.39 is 0 Å². The van der Waals surface area contributed by atoms with Crippen molar-refractivity contribution >= 4 is 11.6 Å². The molecule has 0 radical (unpaired) electrons. The third-order valence-corrected chi connectivity index (χ3v) is 4.13. The molecule has 0 unspecified atom stereocenters.